The Bertz CT molecular complexity index is 422. The van der Waals surface area contributed by atoms with Gasteiger partial charge < -0.3 is 15.3 Å². The number of likely N-dealkylation sites (N-methyl/N-ethyl adjacent to an activating group) is 1. The van der Waals surface area contributed by atoms with Crippen LogP contribution in [-0.2, 0) is 4.84 Å². The molecule has 3 unspecified atom stereocenters. The number of benzene rings is 1. The van der Waals surface area contributed by atoms with Crippen molar-refractivity contribution in [2.24, 2.45) is 5.92 Å². The molecule has 1 aromatic carbocycles. The van der Waals surface area contributed by atoms with Gasteiger partial charge in [0.15, 0.2) is 0 Å². The van der Waals surface area contributed by atoms with E-state index in [9.17, 15) is 5.11 Å². The second-order valence-electron chi connectivity index (χ2n) is 5.70. The van der Waals surface area contributed by atoms with E-state index >= 15 is 0 Å². The third-order valence-electron chi connectivity index (χ3n) is 3.80. The predicted molar refractivity (Wildman–Crippen MR) is 91.2 cm³/mol. The second-order valence-corrected chi connectivity index (χ2v) is 5.70. The van der Waals surface area contributed by atoms with Gasteiger partial charge in [-0.25, -0.2) is 0 Å². The van der Waals surface area contributed by atoms with Crippen molar-refractivity contribution in [3.8, 4) is 0 Å². The lowest BCUT2D eigenvalue weighted by Crippen LogP contribution is -2.30. The highest BCUT2D eigenvalue weighted by Crippen LogP contribution is 2.24. The normalized spacial score (nSPS) is 15.1. The SMILES string of the molecule is C=C(CC(O)CNCC)ONC(c1ccccc1)C(C)CC. The molecule has 1 aromatic rings. The highest BCUT2D eigenvalue weighted by atomic mass is 16.6. The zero-order chi connectivity index (χ0) is 16.4. The number of hydrogen-bond acceptors (Lipinski definition) is 4. The van der Waals surface area contributed by atoms with Gasteiger partial charge in [0, 0.05) is 13.0 Å². The summed E-state index contributed by atoms with van der Waals surface area (Å²) in [6.45, 7) is 11.6. The van der Waals surface area contributed by atoms with Crippen LogP contribution in [0.4, 0.5) is 0 Å². The first-order valence-electron chi connectivity index (χ1n) is 8.12. The molecule has 0 aliphatic heterocycles. The van der Waals surface area contributed by atoms with Gasteiger partial charge in [0.05, 0.1) is 12.1 Å². The summed E-state index contributed by atoms with van der Waals surface area (Å²) in [5, 5.41) is 13.0. The first-order valence-corrected chi connectivity index (χ1v) is 8.12. The summed E-state index contributed by atoms with van der Waals surface area (Å²) < 4.78 is 0. The van der Waals surface area contributed by atoms with Crippen LogP contribution in [0, 0.1) is 5.92 Å². The molecular weight excluding hydrogens is 276 g/mol. The summed E-state index contributed by atoms with van der Waals surface area (Å²) >= 11 is 0. The molecule has 124 valence electrons. The standard InChI is InChI=1S/C18H30N2O2/c1-5-14(3)18(16-10-8-7-9-11-16)20-22-15(4)12-17(21)13-19-6-2/h7-11,14,17-21H,4-6,12-13H2,1-3H3. The molecule has 0 saturated carbocycles. The number of hydrogen-bond donors (Lipinski definition) is 3. The van der Waals surface area contributed by atoms with Crippen molar-refractivity contribution in [3.63, 3.8) is 0 Å². The van der Waals surface area contributed by atoms with Gasteiger partial charge in [-0.1, -0.05) is 64.1 Å². The van der Waals surface area contributed by atoms with E-state index in [-0.39, 0.29) is 6.04 Å². The Morgan fingerprint density at radius 1 is 1.27 bits per heavy atom. The van der Waals surface area contributed by atoms with Crippen LogP contribution in [0.2, 0.25) is 0 Å². The van der Waals surface area contributed by atoms with E-state index in [0.717, 1.165) is 13.0 Å². The highest BCUT2D eigenvalue weighted by molar-refractivity contribution is 5.19. The molecule has 0 spiro atoms. The molecule has 0 radical (unpaired) electrons. The average Bonchev–Trinajstić information content (AvgIpc) is 2.53. The van der Waals surface area contributed by atoms with Gasteiger partial charge >= 0.3 is 0 Å². The lowest BCUT2D eigenvalue weighted by Gasteiger charge is -2.25. The van der Waals surface area contributed by atoms with Crippen LogP contribution in [0.5, 0.6) is 0 Å². The molecule has 0 fully saturated rings. The maximum absolute atomic E-state index is 9.86. The van der Waals surface area contributed by atoms with Gasteiger partial charge in [-0.15, -0.1) is 5.48 Å². The van der Waals surface area contributed by atoms with Gasteiger partial charge in [0.1, 0.15) is 5.76 Å². The Morgan fingerprint density at radius 3 is 2.55 bits per heavy atom. The average molecular weight is 306 g/mol. The first-order chi connectivity index (χ1) is 10.6. The molecular formula is C18H30N2O2. The van der Waals surface area contributed by atoms with Gasteiger partial charge in [-0.05, 0) is 18.0 Å². The highest BCUT2D eigenvalue weighted by Gasteiger charge is 2.19. The van der Waals surface area contributed by atoms with Crippen LogP contribution in [0.3, 0.4) is 0 Å². The second kappa shape index (κ2) is 10.4. The van der Waals surface area contributed by atoms with Crippen LogP contribution in [0.25, 0.3) is 0 Å². The van der Waals surface area contributed by atoms with Crippen molar-refractivity contribution >= 4 is 0 Å². The van der Waals surface area contributed by atoms with Gasteiger partial charge in [-0.3, -0.25) is 0 Å². The van der Waals surface area contributed by atoms with Crippen LogP contribution in [0.15, 0.2) is 42.7 Å². The summed E-state index contributed by atoms with van der Waals surface area (Å²) in [6, 6.07) is 10.4. The third kappa shape index (κ3) is 6.60. The summed E-state index contributed by atoms with van der Waals surface area (Å²) in [5.41, 5.74) is 4.31. The Morgan fingerprint density at radius 2 is 1.95 bits per heavy atom. The molecule has 22 heavy (non-hydrogen) atoms. The number of aliphatic hydroxyl groups excluding tert-OH is 1. The molecule has 3 N–H and O–H groups in total. The number of hydroxylamine groups is 1. The van der Waals surface area contributed by atoms with E-state index in [4.69, 9.17) is 4.84 Å². The van der Waals surface area contributed by atoms with E-state index in [1.54, 1.807) is 0 Å². The fourth-order valence-corrected chi connectivity index (χ4v) is 2.24. The molecule has 0 aliphatic carbocycles. The van der Waals surface area contributed by atoms with E-state index < -0.39 is 6.10 Å². The van der Waals surface area contributed by atoms with Gasteiger partial charge in [0.2, 0.25) is 0 Å². The van der Waals surface area contributed by atoms with E-state index in [1.165, 1.54) is 5.56 Å². The molecule has 4 nitrogen and oxygen atoms in total. The predicted octanol–water partition coefficient (Wildman–Crippen LogP) is 3.17. The quantitative estimate of drug-likeness (QED) is 0.434. The van der Waals surface area contributed by atoms with E-state index in [1.807, 2.05) is 25.1 Å². The molecule has 0 heterocycles. The number of rotatable bonds is 11. The monoisotopic (exact) mass is 306 g/mol. The molecule has 1 rings (SSSR count). The topological polar surface area (TPSA) is 53.5 Å². The maximum Gasteiger partial charge on any atom is 0.119 e. The minimum atomic E-state index is -0.479. The summed E-state index contributed by atoms with van der Waals surface area (Å²) in [5.74, 6) is 0.983. The number of aliphatic hydroxyl groups is 1. The summed E-state index contributed by atoms with van der Waals surface area (Å²) in [7, 11) is 0. The summed E-state index contributed by atoms with van der Waals surface area (Å²) in [4.78, 5) is 5.60. The Kier molecular flexibility index (Phi) is 8.82. The number of nitrogens with one attached hydrogen (secondary N) is 2. The van der Waals surface area contributed by atoms with Crippen molar-refractivity contribution in [2.45, 2.75) is 45.8 Å². The Balaban J connectivity index is 2.52. The summed E-state index contributed by atoms with van der Waals surface area (Å²) in [6.07, 6.45) is 0.987. The van der Waals surface area contributed by atoms with Crippen LogP contribution in [0.1, 0.15) is 45.2 Å². The lowest BCUT2D eigenvalue weighted by atomic mass is 9.93. The van der Waals surface area contributed by atoms with Crippen molar-refractivity contribution < 1.29 is 9.94 Å². The van der Waals surface area contributed by atoms with Crippen molar-refractivity contribution in [1.82, 2.24) is 10.8 Å². The Labute approximate surface area is 134 Å². The molecule has 4 heteroatoms. The van der Waals surface area contributed by atoms with Crippen LogP contribution >= 0.6 is 0 Å². The lowest BCUT2D eigenvalue weighted by molar-refractivity contribution is 0.0366. The minimum absolute atomic E-state index is 0.105. The molecule has 0 aliphatic rings. The zero-order valence-corrected chi connectivity index (χ0v) is 14.0. The fraction of sp³-hybridized carbons (Fsp3) is 0.556. The van der Waals surface area contributed by atoms with Crippen LogP contribution < -0.4 is 10.8 Å². The van der Waals surface area contributed by atoms with Gasteiger partial charge in [0.25, 0.3) is 0 Å². The third-order valence-corrected chi connectivity index (χ3v) is 3.80. The van der Waals surface area contributed by atoms with Crippen molar-refractivity contribution in [3.05, 3.63) is 48.2 Å². The fourth-order valence-electron chi connectivity index (χ4n) is 2.24. The smallest absolute Gasteiger partial charge is 0.119 e. The molecule has 0 amide bonds. The first kappa shape index (κ1) is 18.7. The Hall–Kier alpha value is -1.36. The zero-order valence-electron chi connectivity index (χ0n) is 14.0. The van der Waals surface area contributed by atoms with Gasteiger partial charge in [-0.2, -0.15) is 0 Å². The largest absolute Gasteiger partial charge is 0.413 e. The maximum atomic E-state index is 9.86. The molecule has 0 bridgehead atoms. The van der Waals surface area contributed by atoms with Crippen molar-refractivity contribution in [1.29, 1.82) is 0 Å². The molecule has 0 aromatic heterocycles. The minimum Gasteiger partial charge on any atom is -0.413 e. The molecule has 3 atom stereocenters. The van der Waals surface area contributed by atoms with Crippen molar-refractivity contribution in [2.75, 3.05) is 13.1 Å². The van der Waals surface area contributed by atoms with E-state index in [0.29, 0.717) is 24.6 Å². The molecule has 0 saturated heterocycles. The van der Waals surface area contributed by atoms with E-state index in [2.05, 4.69) is 43.4 Å². The van der Waals surface area contributed by atoms with Crippen LogP contribution in [-0.4, -0.2) is 24.3 Å².